The van der Waals surface area contributed by atoms with Crippen LogP contribution < -0.4 is 0 Å². The molecule has 0 spiro atoms. The molecule has 0 radical (unpaired) electrons. The van der Waals surface area contributed by atoms with Crippen LogP contribution in [0.5, 0.6) is 0 Å². The smallest absolute Gasteiger partial charge is 0.201 e. The van der Waals surface area contributed by atoms with Crippen molar-refractivity contribution in [1.29, 1.82) is 0 Å². The van der Waals surface area contributed by atoms with Crippen LogP contribution in [0.2, 0.25) is 16.6 Å². The Balaban J connectivity index is 5.82. The van der Waals surface area contributed by atoms with Gasteiger partial charge in [0.25, 0.3) is 0 Å². The van der Waals surface area contributed by atoms with Crippen LogP contribution in [-0.2, 0) is 9.22 Å². The molecule has 0 aromatic rings. The van der Waals surface area contributed by atoms with Crippen molar-refractivity contribution in [2.75, 3.05) is 0 Å². The Labute approximate surface area is 146 Å². The topological polar surface area (TPSA) is 26.3 Å². The Hall–Kier alpha value is -0.413. The number of rotatable bonds is 10. The molecule has 0 aliphatic rings. The molecule has 23 heavy (non-hydrogen) atoms. The monoisotopic (exact) mass is 340 g/mol. The van der Waals surface area contributed by atoms with Crippen molar-refractivity contribution in [3.8, 4) is 0 Å². The molecule has 0 N–H and O–H groups in total. The van der Waals surface area contributed by atoms with Gasteiger partial charge in [0.05, 0.1) is 6.10 Å². The fourth-order valence-corrected chi connectivity index (χ4v) is 9.63. The number of hydrogen-bond donors (Lipinski definition) is 0. The van der Waals surface area contributed by atoms with Crippen LogP contribution >= 0.6 is 0 Å². The molecule has 0 aromatic heterocycles. The molecule has 3 atom stereocenters. The lowest BCUT2D eigenvalue weighted by atomic mass is 9.96. The molecule has 0 amide bonds. The largest absolute Gasteiger partial charge is 0.409 e. The van der Waals surface area contributed by atoms with E-state index in [4.69, 9.17) is 4.43 Å². The Bertz CT molecular complexity index is 363. The van der Waals surface area contributed by atoms with Gasteiger partial charge in [0.2, 0.25) is 8.32 Å². The summed E-state index contributed by atoms with van der Waals surface area (Å²) < 4.78 is 6.92. The predicted molar refractivity (Wildman–Crippen MR) is 104 cm³/mol. The van der Waals surface area contributed by atoms with E-state index in [9.17, 15) is 4.79 Å². The Morgan fingerprint density at radius 3 is 1.70 bits per heavy atom. The molecular formula is C20H40O2Si. The molecule has 2 nitrogen and oxygen atoms in total. The van der Waals surface area contributed by atoms with Crippen LogP contribution in [0.25, 0.3) is 0 Å². The standard InChI is InChI=1S/C20H40O2Si/c1-11-17(8)12-18(9)20(19(10)13-21)22-23(14(2)3,15(4)5)16(6)7/h12-17,19-20H,11H2,1-10H3/b18-12+/t17-,19+,20+/m0/s1. The van der Waals surface area contributed by atoms with Gasteiger partial charge < -0.3 is 9.22 Å². The molecule has 0 bridgehead atoms. The molecule has 0 aromatic carbocycles. The molecule has 0 aliphatic heterocycles. The van der Waals surface area contributed by atoms with Crippen LogP contribution in [0.1, 0.15) is 75.7 Å². The van der Waals surface area contributed by atoms with Crippen LogP contribution in [0.4, 0.5) is 0 Å². The lowest BCUT2D eigenvalue weighted by Crippen LogP contribution is -2.51. The number of aldehydes is 1. The van der Waals surface area contributed by atoms with Crippen molar-refractivity contribution in [3.05, 3.63) is 11.6 Å². The van der Waals surface area contributed by atoms with E-state index in [1.54, 1.807) is 0 Å². The highest BCUT2D eigenvalue weighted by Gasteiger charge is 2.47. The maximum absolute atomic E-state index is 11.5. The number of carbonyl (C=O) groups is 1. The lowest BCUT2D eigenvalue weighted by Gasteiger charge is -2.45. The average molecular weight is 341 g/mol. The van der Waals surface area contributed by atoms with E-state index < -0.39 is 8.32 Å². The maximum atomic E-state index is 11.5. The third-order valence-electron chi connectivity index (χ3n) is 5.37. The molecule has 0 saturated heterocycles. The third kappa shape index (κ3) is 5.56. The van der Waals surface area contributed by atoms with Gasteiger partial charge in [-0.05, 0) is 35.0 Å². The summed E-state index contributed by atoms with van der Waals surface area (Å²) in [6, 6.07) is 0. The first-order valence-electron chi connectivity index (χ1n) is 9.35. The van der Waals surface area contributed by atoms with E-state index in [2.05, 4.69) is 68.4 Å². The second-order valence-electron chi connectivity index (χ2n) is 8.15. The van der Waals surface area contributed by atoms with Crippen molar-refractivity contribution in [1.82, 2.24) is 0 Å². The van der Waals surface area contributed by atoms with Crippen molar-refractivity contribution >= 4 is 14.6 Å². The Morgan fingerprint density at radius 1 is 0.957 bits per heavy atom. The Morgan fingerprint density at radius 2 is 1.39 bits per heavy atom. The lowest BCUT2D eigenvalue weighted by molar-refractivity contribution is -0.112. The van der Waals surface area contributed by atoms with Gasteiger partial charge in [0.1, 0.15) is 6.29 Å². The highest BCUT2D eigenvalue weighted by molar-refractivity contribution is 6.77. The summed E-state index contributed by atoms with van der Waals surface area (Å²) in [5.41, 5.74) is 2.80. The zero-order valence-corrected chi connectivity index (χ0v) is 18.1. The second kappa shape index (κ2) is 9.78. The first kappa shape index (κ1) is 22.6. The van der Waals surface area contributed by atoms with Crippen molar-refractivity contribution < 1.29 is 9.22 Å². The summed E-state index contributed by atoms with van der Waals surface area (Å²) in [5, 5.41) is 0. The SMILES string of the molecule is CC[C@H](C)/C=C(\C)[C@@H](O[Si](C(C)C)(C(C)C)C(C)C)[C@H](C)C=O. The van der Waals surface area contributed by atoms with Gasteiger partial charge in [-0.1, -0.05) is 74.8 Å². The van der Waals surface area contributed by atoms with E-state index in [-0.39, 0.29) is 12.0 Å². The second-order valence-corrected chi connectivity index (χ2v) is 13.6. The van der Waals surface area contributed by atoms with Crippen LogP contribution in [0.3, 0.4) is 0 Å². The van der Waals surface area contributed by atoms with E-state index >= 15 is 0 Å². The quantitative estimate of drug-likeness (QED) is 0.262. The van der Waals surface area contributed by atoms with Crippen molar-refractivity contribution in [2.24, 2.45) is 11.8 Å². The highest BCUT2D eigenvalue weighted by Crippen LogP contribution is 2.44. The zero-order chi connectivity index (χ0) is 18.4. The first-order valence-corrected chi connectivity index (χ1v) is 11.5. The normalized spacial score (nSPS) is 17.7. The van der Waals surface area contributed by atoms with Crippen molar-refractivity contribution in [2.45, 2.75) is 98.4 Å². The molecule has 0 saturated carbocycles. The van der Waals surface area contributed by atoms with Gasteiger partial charge in [-0.2, -0.15) is 0 Å². The summed E-state index contributed by atoms with van der Waals surface area (Å²) >= 11 is 0. The fourth-order valence-electron chi connectivity index (χ4n) is 3.98. The van der Waals surface area contributed by atoms with E-state index in [1.165, 1.54) is 5.57 Å². The summed E-state index contributed by atoms with van der Waals surface area (Å²) in [6.45, 7) is 22.3. The molecule has 0 fully saturated rings. The summed E-state index contributed by atoms with van der Waals surface area (Å²) in [6.07, 6.45) is 4.38. The zero-order valence-electron chi connectivity index (χ0n) is 17.1. The van der Waals surface area contributed by atoms with E-state index in [0.29, 0.717) is 22.5 Å². The summed E-state index contributed by atoms with van der Waals surface area (Å²) in [4.78, 5) is 11.5. The minimum atomic E-state index is -1.99. The highest BCUT2D eigenvalue weighted by atomic mass is 28.4. The molecule has 0 heterocycles. The summed E-state index contributed by atoms with van der Waals surface area (Å²) in [7, 11) is -1.99. The molecule has 0 aliphatic carbocycles. The molecule has 136 valence electrons. The van der Waals surface area contributed by atoms with Gasteiger partial charge in [0.15, 0.2) is 0 Å². The summed E-state index contributed by atoms with van der Waals surface area (Å²) in [5.74, 6) is 0.423. The van der Waals surface area contributed by atoms with E-state index in [1.807, 2.05) is 6.92 Å². The van der Waals surface area contributed by atoms with Crippen LogP contribution in [0, 0.1) is 11.8 Å². The number of allylic oxidation sites excluding steroid dienone is 1. The third-order valence-corrected chi connectivity index (χ3v) is 11.4. The van der Waals surface area contributed by atoms with Crippen LogP contribution in [0.15, 0.2) is 11.6 Å². The van der Waals surface area contributed by atoms with Crippen molar-refractivity contribution in [3.63, 3.8) is 0 Å². The predicted octanol–water partition coefficient (Wildman–Crippen LogP) is 6.37. The van der Waals surface area contributed by atoms with Crippen LogP contribution in [-0.4, -0.2) is 20.7 Å². The molecule has 0 unspecified atom stereocenters. The van der Waals surface area contributed by atoms with Gasteiger partial charge >= 0.3 is 0 Å². The number of hydrogen-bond acceptors (Lipinski definition) is 2. The maximum Gasteiger partial charge on any atom is 0.201 e. The average Bonchev–Trinajstić information content (AvgIpc) is 2.45. The van der Waals surface area contributed by atoms with Gasteiger partial charge in [0, 0.05) is 5.92 Å². The fraction of sp³-hybridized carbons (Fsp3) is 0.850. The number of carbonyl (C=O) groups excluding carboxylic acids is 1. The van der Waals surface area contributed by atoms with Gasteiger partial charge in [-0.15, -0.1) is 0 Å². The van der Waals surface area contributed by atoms with E-state index in [0.717, 1.165) is 12.7 Å². The minimum Gasteiger partial charge on any atom is -0.409 e. The van der Waals surface area contributed by atoms with Gasteiger partial charge in [-0.25, -0.2) is 0 Å². The molecule has 3 heteroatoms. The van der Waals surface area contributed by atoms with Gasteiger partial charge in [-0.3, -0.25) is 0 Å². The molecular weight excluding hydrogens is 300 g/mol. The first-order chi connectivity index (χ1) is 10.5. The molecule has 0 rings (SSSR count). The minimum absolute atomic E-state index is 0.0830. The Kier molecular flexibility index (Phi) is 9.60.